The van der Waals surface area contributed by atoms with Crippen molar-refractivity contribution in [2.45, 2.75) is 96.4 Å². The Labute approximate surface area is 195 Å². The lowest BCUT2D eigenvalue weighted by atomic mass is 10.0. The third-order valence-corrected chi connectivity index (χ3v) is 6.10. The highest BCUT2D eigenvalue weighted by molar-refractivity contribution is 5.91. The number of ether oxygens (including phenoxy) is 1. The fraction of sp³-hybridized carbons (Fsp3) is 0.818. The van der Waals surface area contributed by atoms with Gasteiger partial charge in [-0.25, -0.2) is 9.59 Å². The molecule has 11 heteroatoms. The van der Waals surface area contributed by atoms with Gasteiger partial charge >= 0.3 is 12.1 Å². The molecule has 0 radical (unpaired) electrons. The van der Waals surface area contributed by atoms with Crippen molar-refractivity contribution in [2.24, 2.45) is 0 Å². The Morgan fingerprint density at radius 3 is 2.39 bits per heavy atom. The second-order valence-electron chi connectivity index (χ2n) is 9.86. The van der Waals surface area contributed by atoms with Crippen LogP contribution in [0, 0.1) is 0 Å². The number of nitrogens with one attached hydrogen (secondary N) is 2. The van der Waals surface area contributed by atoms with E-state index in [1.165, 1.54) is 14.9 Å². The highest BCUT2D eigenvalue weighted by atomic mass is 16.7. The summed E-state index contributed by atoms with van der Waals surface area (Å²) in [7, 11) is 0. The molecule has 0 aromatic heterocycles. The average Bonchev–Trinajstić information content (AvgIpc) is 3.00. The zero-order valence-corrected chi connectivity index (χ0v) is 20.1. The van der Waals surface area contributed by atoms with Crippen molar-refractivity contribution in [3.63, 3.8) is 0 Å². The predicted molar refractivity (Wildman–Crippen MR) is 118 cm³/mol. The Morgan fingerprint density at radius 1 is 1.03 bits per heavy atom. The van der Waals surface area contributed by atoms with Gasteiger partial charge in [-0.05, 0) is 59.3 Å². The normalized spacial score (nSPS) is 25.2. The molecule has 0 aromatic rings. The SMILES string of the molecule is CCCCON1C(=O)N2CC1CC[C@H]2C(=O)NNC(=O)[C@@H]1CCCCN1C(=O)OC(C)(C)C. The maximum Gasteiger partial charge on any atom is 0.410 e. The summed E-state index contributed by atoms with van der Waals surface area (Å²) in [5.74, 6) is -0.926. The predicted octanol–water partition coefficient (Wildman–Crippen LogP) is 1.92. The maximum absolute atomic E-state index is 12.8. The highest BCUT2D eigenvalue weighted by Crippen LogP contribution is 2.30. The third-order valence-electron chi connectivity index (χ3n) is 6.10. The van der Waals surface area contributed by atoms with Crippen molar-refractivity contribution < 1.29 is 28.8 Å². The second-order valence-corrected chi connectivity index (χ2v) is 9.86. The summed E-state index contributed by atoms with van der Waals surface area (Å²) in [6.45, 7) is 8.67. The Morgan fingerprint density at radius 2 is 1.73 bits per heavy atom. The molecule has 0 saturated carbocycles. The van der Waals surface area contributed by atoms with E-state index in [4.69, 9.17) is 9.57 Å². The third kappa shape index (κ3) is 6.07. The number of fused-ring (bicyclic) bond motifs is 2. The number of nitrogens with zero attached hydrogens (tertiary/aromatic N) is 3. The Balaban J connectivity index is 1.54. The van der Waals surface area contributed by atoms with Gasteiger partial charge in [-0.1, -0.05) is 13.3 Å². The molecule has 33 heavy (non-hydrogen) atoms. The van der Waals surface area contributed by atoms with Crippen LogP contribution in [0.5, 0.6) is 0 Å². The molecule has 0 aromatic carbocycles. The number of rotatable bonds is 6. The number of unbranched alkanes of at least 4 members (excludes halogenated alkanes) is 1. The van der Waals surface area contributed by atoms with E-state index >= 15 is 0 Å². The first kappa shape index (κ1) is 25.1. The van der Waals surface area contributed by atoms with E-state index in [0.717, 1.165) is 25.7 Å². The summed E-state index contributed by atoms with van der Waals surface area (Å²) in [5.41, 5.74) is 4.24. The average molecular weight is 468 g/mol. The molecule has 5 amide bonds. The van der Waals surface area contributed by atoms with Crippen LogP contribution in [0.4, 0.5) is 9.59 Å². The molecule has 2 bridgehead atoms. The summed E-state index contributed by atoms with van der Waals surface area (Å²) < 4.78 is 5.43. The second kappa shape index (κ2) is 10.6. The number of piperidine rings is 2. The van der Waals surface area contributed by atoms with Crippen LogP contribution in [-0.4, -0.2) is 82.2 Å². The first-order valence-electron chi connectivity index (χ1n) is 11.9. The van der Waals surface area contributed by atoms with Crippen LogP contribution in [0.3, 0.4) is 0 Å². The molecule has 3 heterocycles. The van der Waals surface area contributed by atoms with E-state index in [1.54, 1.807) is 20.8 Å². The lowest BCUT2D eigenvalue weighted by Gasteiger charge is -2.36. The largest absolute Gasteiger partial charge is 0.444 e. The molecule has 3 rings (SSSR count). The minimum atomic E-state index is -0.722. The highest BCUT2D eigenvalue weighted by Gasteiger charge is 2.48. The van der Waals surface area contributed by atoms with Gasteiger partial charge in [0.25, 0.3) is 11.8 Å². The van der Waals surface area contributed by atoms with Crippen LogP contribution in [-0.2, 0) is 19.2 Å². The number of hydrogen-bond donors (Lipinski definition) is 2. The molecule has 0 spiro atoms. The summed E-state index contributed by atoms with van der Waals surface area (Å²) >= 11 is 0. The molecular weight excluding hydrogens is 430 g/mol. The summed E-state index contributed by atoms with van der Waals surface area (Å²) in [4.78, 5) is 59.4. The van der Waals surface area contributed by atoms with Gasteiger partial charge in [-0.3, -0.25) is 30.2 Å². The number of hydroxylamine groups is 2. The first-order chi connectivity index (χ1) is 15.6. The first-order valence-corrected chi connectivity index (χ1v) is 11.9. The van der Waals surface area contributed by atoms with Gasteiger partial charge < -0.3 is 9.64 Å². The van der Waals surface area contributed by atoms with E-state index in [1.807, 2.05) is 6.92 Å². The van der Waals surface area contributed by atoms with E-state index in [-0.39, 0.29) is 12.1 Å². The van der Waals surface area contributed by atoms with Crippen LogP contribution in [0.1, 0.15) is 72.6 Å². The van der Waals surface area contributed by atoms with Gasteiger partial charge in [0.15, 0.2) is 0 Å². The number of hydrazine groups is 1. The van der Waals surface area contributed by atoms with Crippen molar-refractivity contribution in [3.8, 4) is 0 Å². The Kier molecular flexibility index (Phi) is 8.04. The fourth-order valence-corrected chi connectivity index (χ4v) is 4.41. The molecular formula is C22H37N5O6. The molecule has 3 saturated heterocycles. The molecule has 3 fully saturated rings. The Bertz CT molecular complexity index is 754. The maximum atomic E-state index is 12.8. The van der Waals surface area contributed by atoms with Gasteiger partial charge in [0.2, 0.25) is 0 Å². The molecule has 1 unspecified atom stereocenters. The molecule has 0 aliphatic carbocycles. The van der Waals surface area contributed by atoms with Crippen LogP contribution >= 0.6 is 0 Å². The van der Waals surface area contributed by atoms with Crippen LogP contribution in [0.15, 0.2) is 0 Å². The van der Waals surface area contributed by atoms with Crippen molar-refractivity contribution in [3.05, 3.63) is 0 Å². The molecule has 11 nitrogen and oxygen atoms in total. The standard InChI is InChI=1S/C22H37N5O6/c1-5-6-13-32-27-15-10-11-17(26(14-15)20(27)30)19(29)24-23-18(28)16-9-7-8-12-25(16)21(31)33-22(2,3)4/h15-17H,5-14H2,1-4H3,(H,23,28)(H,24,29)/t15?,16-,17-/m0/s1. The summed E-state index contributed by atoms with van der Waals surface area (Å²) in [5, 5.41) is 1.39. The Hall–Kier alpha value is -2.56. The molecule has 3 aliphatic rings. The molecule has 3 aliphatic heterocycles. The molecule has 2 N–H and O–H groups in total. The quantitative estimate of drug-likeness (QED) is 0.455. The fourth-order valence-electron chi connectivity index (χ4n) is 4.41. The van der Waals surface area contributed by atoms with E-state index < -0.39 is 35.6 Å². The monoisotopic (exact) mass is 467 g/mol. The van der Waals surface area contributed by atoms with E-state index in [9.17, 15) is 19.2 Å². The van der Waals surface area contributed by atoms with Crippen molar-refractivity contribution in [1.82, 2.24) is 25.7 Å². The van der Waals surface area contributed by atoms with Crippen LogP contribution < -0.4 is 10.9 Å². The van der Waals surface area contributed by atoms with Gasteiger partial charge in [0.1, 0.15) is 17.7 Å². The van der Waals surface area contributed by atoms with Crippen molar-refractivity contribution in [2.75, 3.05) is 19.7 Å². The minimum Gasteiger partial charge on any atom is -0.444 e. The summed E-state index contributed by atoms with van der Waals surface area (Å²) in [6.07, 6.45) is 4.48. The number of urea groups is 1. The number of amides is 5. The zero-order valence-electron chi connectivity index (χ0n) is 20.1. The smallest absolute Gasteiger partial charge is 0.410 e. The number of hydrogen-bond acceptors (Lipinski definition) is 6. The number of likely N-dealkylation sites (tertiary alicyclic amines) is 1. The zero-order chi connectivity index (χ0) is 24.2. The van der Waals surface area contributed by atoms with Crippen LogP contribution in [0.25, 0.3) is 0 Å². The van der Waals surface area contributed by atoms with Crippen molar-refractivity contribution >= 4 is 23.9 Å². The van der Waals surface area contributed by atoms with Gasteiger partial charge in [-0.2, -0.15) is 5.06 Å². The van der Waals surface area contributed by atoms with E-state index in [2.05, 4.69) is 10.9 Å². The lowest BCUT2D eigenvalue weighted by molar-refractivity contribution is -0.135. The van der Waals surface area contributed by atoms with Crippen molar-refractivity contribution in [1.29, 1.82) is 0 Å². The number of carbonyl (C=O) groups excluding carboxylic acids is 4. The topological polar surface area (TPSA) is 121 Å². The minimum absolute atomic E-state index is 0.0578. The van der Waals surface area contributed by atoms with Crippen LogP contribution in [0.2, 0.25) is 0 Å². The summed E-state index contributed by atoms with van der Waals surface area (Å²) in [6, 6.07) is -1.77. The lowest BCUT2D eigenvalue weighted by Crippen LogP contribution is -2.59. The van der Waals surface area contributed by atoms with E-state index in [0.29, 0.717) is 39.0 Å². The van der Waals surface area contributed by atoms with Gasteiger partial charge in [0, 0.05) is 13.1 Å². The number of carbonyl (C=O) groups is 4. The van der Waals surface area contributed by atoms with Gasteiger partial charge in [0.05, 0.1) is 12.6 Å². The molecule has 186 valence electrons. The molecule has 3 atom stereocenters. The van der Waals surface area contributed by atoms with Gasteiger partial charge in [-0.15, -0.1) is 0 Å².